The van der Waals surface area contributed by atoms with Crippen molar-refractivity contribution in [3.8, 4) is 11.3 Å². The molecule has 1 aromatic heterocycles. The summed E-state index contributed by atoms with van der Waals surface area (Å²) in [5.74, 6) is -0.202. The first-order valence-electron chi connectivity index (χ1n) is 9.99. The van der Waals surface area contributed by atoms with Gasteiger partial charge in [0, 0.05) is 26.4 Å². The van der Waals surface area contributed by atoms with Gasteiger partial charge in [0.15, 0.2) is 5.76 Å². The Kier molecular flexibility index (Phi) is 5.54. The molecule has 0 saturated heterocycles. The summed E-state index contributed by atoms with van der Waals surface area (Å²) in [6, 6.07) is 23.9. The smallest absolute Gasteiger partial charge is 0.265 e. The van der Waals surface area contributed by atoms with Crippen molar-refractivity contribution in [3.05, 3.63) is 88.9 Å². The summed E-state index contributed by atoms with van der Waals surface area (Å²) in [4.78, 5) is 28.6. The maximum atomic E-state index is 13.7. The maximum absolute atomic E-state index is 13.7. The number of carbonyl (C=O) groups is 2. The molecule has 2 amide bonds. The molecule has 4 aromatic rings. The largest absolute Gasteiger partial charge is 0.454 e. The van der Waals surface area contributed by atoms with E-state index in [1.807, 2.05) is 75.4 Å². The van der Waals surface area contributed by atoms with Crippen LogP contribution in [0.3, 0.4) is 0 Å². The summed E-state index contributed by atoms with van der Waals surface area (Å²) < 4.78 is 7.12. The second kappa shape index (κ2) is 8.16. The number of benzene rings is 3. The maximum Gasteiger partial charge on any atom is 0.265 e. The van der Waals surface area contributed by atoms with Crippen molar-refractivity contribution < 1.29 is 14.0 Å². The van der Waals surface area contributed by atoms with E-state index in [0.29, 0.717) is 28.0 Å². The Morgan fingerprint density at radius 2 is 1.45 bits per heavy atom. The number of hydrogen-bond acceptors (Lipinski definition) is 3. The van der Waals surface area contributed by atoms with Gasteiger partial charge < -0.3 is 4.42 Å². The Labute approximate surface area is 189 Å². The number of fused-ring (bicyclic) bond motifs is 1. The van der Waals surface area contributed by atoms with Gasteiger partial charge in [-0.05, 0) is 36.4 Å². The van der Waals surface area contributed by atoms with E-state index in [0.717, 1.165) is 10.0 Å². The van der Waals surface area contributed by atoms with Crippen LogP contribution in [0.5, 0.6) is 0 Å². The fourth-order valence-corrected chi connectivity index (χ4v) is 3.66. The molecule has 0 aliphatic carbocycles. The molecule has 1 heterocycles. The first-order valence-corrected chi connectivity index (χ1v) is 10.8. The van der Waals surface area contributed by atoms with Gasteiger partial charge in [-0.3, -0.25) is 9.59 Å². The van der Waals surface area contributed by atoms with Crippen LogP contribution in [-0.2, 0) is 4.79 Å². The number of furan rings is 1. The lowest BCUT2D eigenvalue weighted by Crippen LogP contribution is -2.44. The third-order valence-corrected chi connectivity index (χ3v) is 5.50. The standard InChI is InChI=1S/C26H22BrNO3/c1-26(2,3)25(30)28(24(29)18-9-5-4-6-10-18)22-20-11-7-8-12-21(20)31-23(22)17-13-15-19(27)16-14-17/h4-16H,1-3H3. The molecule has 0 radical (unpaired) electrons. The normalized spacial score (nSPS) is 11.5. The highest BCUT2D eigenvalue weighted by molar-refractivity contribution is 9.10. The topological polar surface area (TPSA) is 50.5 Å². The van der Waals surface area contributed by atoms with Gasteiger partial charge in [-0.2, -0.15) is 0 Å². The summed E-state index contributed by atoms with van der Waals surface area (Å²) >= 11 is 3.45. The molecule has 156 valence electrons. The molecular weight excluding hydrogens is 454 g/mol. The average Bonchev–Trinajstić information content (AvgIpc) is 3.13. The van der Waals surface area contributed by atoms with Gasteiger partial charge in [-0.25, -0.2) is 4.90 Å². The molecule has 5 heteroatoms. The minimum atomic E-state index is -0.778. The van der Waals surface area contributed by atoms with Crippen molar-refractivity contribution in [2.75, 3.05) is 4.90 Å². The zero-order chi connectivity index (χ0) is 22.2. The van der Waals surface area contributed by atoms with Crippen LogP contribution in [0.25, 0.3) is 22.3 Å². The molecule has 0 atom stereocenters. The Hall–Kier alpha value is -3.18. The molecule has 0 saturated carbocycles. The number of carbonyl (C=O) groups excluding carboxylic acids is 2. The highest BCUT2D eigenvalue weighted by atomic mass is 79.9. The number of amides is 2. The Balaban J connectivity index is 2.01. The third-order valence-electron chi connectivity index (χ3n) is 4.97. The van der Waals surface area contributed by atoms with E-state index in [2.05, 4.69) is 15.9 Å². The van der Waals surface area contributed by atoms with Gasteiger partial charge >= 0.3 is 0 Å². The number of hydrogen-bond donors (Lipinski definition) is 0. The fourth-order valence-electron chi connectivity index (χ4n) is 3.39. The van der Waals surface area contributed by atoms with Crippen molar-refractivity contribution in [1.29, 1.82) is 0 Å². The summed E-state index contributed by atoms with van der Waals surface area (Å²) in [6.45, 7) is 5.42. The average molecular weight is 476 g/mol. The Morgan fingerprint density at radius 1 is 0.839 bits per heavy atom. The molecule has 0 spiro atoms. The zero-order valence-corrected chi connectivity index (χ0v) is 19.1. The second-order valence-electron chi connectivity index (χ2n) is 8.34. The van der Waals surface area contributed by atoms with Crippen molar-refractivity contribution in [2.24, 2.45) is 5.41 Å². The Bertz CT molecular complexity index is 1250. The summed E-state index contributed by atoms with van der Waals surface area (Å²) in [6.07, 6.45) is 0. The van der Waals surface area contributed by atoms with Gasteiger partial charge in [-0.15, -0.1) is 0 Å². The molecule has 0 aliphatic rings. The number of halogens is 1. The van der Waals surface area contributed by atoms with Crippen LogP contribution in [-0.4, -0.2) is 11.8 Å². The van der Waals surface area contributed by atoms with Crippen LogP contribution >= 0.6 is 15.9 Å². The van der Waals surface area contributed by atoms with E-state index in [1.54, 1.807) is 24.3 Å². The third kappa shape index (κ3) is 4.06. The van der Waals surface area contributed by atoms with Gasteiger partial charge in [0.2, 0.25) is 5.91 Å². The van der Waals surface area contributed by atoms with E-state index in [4.69, 9.17) is 4.42 Å². The van der Waals surface area contributed by atoms with Crippen LogP contribution in [0.4, 0.5) is 5.69 Å². The van der Waals surface area contributed by atoms with E-state index in [9.17, 15) is 9.59 Å². The zero-order valence-electron chi connectivity index (χ0n) is 17.6. The predicted molar refractivity (Wildman–Crippen MR) is 127 cm³/mol. The molecule has 0 unspecified atom stereocenters. The van der Waals surface area contributed by atoms with Crippen molar-refractivity contribution >= 4 is 44.4 Å². The summed E-state index contributed by atoms with van der Waals surface area (Å²) in [5.41, 5.74) is 1.52. The van der Waals surface area contributed by atoms with Crippen molar-refractivity contribution in [3.63, 3.8) is 0 Å². The predicted octanol–water partition coefficient (Wildman–Crippen LogP) is 7.08. The second-order valence-corrected chi connectivity index (χ2v) is 9.26. The molecule has 4 rings (SSSR count). The molecule has 3 aromatic carbocycles. The minimum Gasteiger partial charge on any atom is -0.454 e. The first-order chi connectivity index (χ1) is 14.8. The van der Waals surface area contributed by atoms with Crippen molar-refractivity contribution in [1.82, 2.24) is 0 Å². The molecular formula is C26H22BrNO3. The van der Waals surface area contributed by atoms with Crippen LogP contribution in [0.15, 0.2) is 87.8 Å². The van der Waals surface area contributed by atoms with E-state index in [-0.39, 0.29) is 11.8 Å². The molecule has 0 fully saturated rings. The number of nitrogens with zero attached hydrogens (tertiary/aromatic N) is 1. The summed E-state index contributed by atoms with van der Waals surface area (Å²) in [7, 11) is 0. The first kappa shape index (κ1) is 21.1. The SMILES string of the molecule is CC(C)(C)C(=O)N(C(=O)c1ccccc1)c1c(-c2ccc(Br)cc2)oc2ccccc12. The summed E-state index contributed by atoms with van der Waals surface area (Å²) in [5, 5.41) is 0.710. The number of para-hydroxylation sites is 1. The van der Waals surface area contributed by atoms with E-state index < -0.39 is 5.41 Å². The lowest BCUT2D eigenvalue weighted by atomic mass is 9.93. The quantitative estimate of drug-likeness (QED) is 0.318. The molecule has 31 heavy (non-hydrogen) atoms. The van der Waals surface area contributed by atoms with Crippen LogP contribution in [0.2, 0.25) is 0 Å². The Morgan fingerprint density at radius 3 is 2.10 bits per heavy atom. The monoisotopic (exact) mass is 475 g/mol. The van der Waals surface area contributed by atoms with Gasteiger partial charge in [0.1, 0.15) is 11.3 Å². The van der Waals surface area contributed by atoms with E-state index in [1.165, 1.54) is 4.90 Å². The highest BCUT2D eigenvalue weighted by Gasteiger charge is 2.37. The van der Waals surface area contributed by atoms with Gasteiger partial charge in [0.25, 0.3) is 5.91 Å². The minimum absolute atomic E-state index is 0.300. The van der Waals surface area contributed by atoms with Crippen molar-refractivity contribution in [2.45, 2.75) is 20.8 Å². The number of rotatable bonds is 3. The van der Waals surface area contributed by atoms with Crippen LogP contribution < -0.4 is 4.90 Å². The van der Waals surface area contributed by atoms with Gasteiger partial charge in [0.05, 0.1) is 0 Å². The van der Waals surface area contributed by atoms with E-state index >= 15 is 0 Å². The van der Waals surface area contributed by atoms with Gasteiger partial charge in [-0.1, -0.05) is 79.2 Å². The molecule has 0 N–H and O–H groups in total. The molecule has 0 aliphatic heterocycles. The van der Waals surface area contributed by atoms with Crippen LogP contribution in [0.1, 0.15) is 31.1 Å². The molecule has 4 nitrogen and oxygen atoms in total. The highest BCUT2D eigenvalue weighted by Crippen LogP contribution is 2.42. The molecule has 0 bridgehead atoms. The number of imide groups is 1. The lowest BCUT2D eigenvalue weighted by Gasteiger charge is -2.28. The van der Waals surface area contributed by atoms with Crippen LogP contribution in [0, 0.1) is 5.41 Å². The lowest BCUT2D eigenvalue weighted by molar-refractivity contribution is -0.125. The number of anilines is 1. The fraction of sp³-hybridized carbons (Fsp3) is 0.154.